The van der Waals surface area contributed by atoms with Crippen LogP contribution in [0.15, 0.2) is 23.6 Å². The first-order chi connectivity index (χ1) is 13.9. The van der Waals surface area contributed by atoms with E-state index in [1.807, 2.05) is 6.92 Å². The average Bonchev–Trinajstić information content (AvgIpc) is 3.15. The second kappa shape index (κ2) is 12.0. The molecule has 10 heteroatoms. The Morgan fingerprint density at radius 1 is 1.24 bits per heavy atom. The molecule has 0 saturated heterocycles. The Morgan fingerprint density at radius 3 is 2.72 bits per heavy atom. The second-order valence-electron chi connectivity index (χ2n) is 5.87. The minimum Gasteiger partial charge on any atom is -0.461 e. The van der Waals surface area contributed by atoms with E-state index in [0.29, 0.717) is 46.9 Å². The number of carbonyl (C=O) groups is 2. The van der Waals surface area contributed by atoms with Crippen LogP contribution in [0.3, 0.4) is 0 Å². The monoisotopic (exact) mass is 459 g/mol. The molecule has 1 heterocycles. The highest BCUT2D eigenvalue weighted by atomic mass is 35.5. The Morgan fingerprint density at radius 2 is 2.03 bits per heavy atom. The molecule has 0 unspecified atom stereocenters. The number of anilines is 1. The van der Waals surface area contributed by atoms with E-state index >= 15 is 0 Å². The zero-order valence-electron chi connectivity index (χ0n) is 16.2. The summed E-state index contributed by atoms with van der Waals surface area (Å²) in [5.41, 5.74) is 0.699. The third-order valence-electron chi connectivity index (χ3n) is 3.74. The lowest BCUT2D eigenvalue weighted by molar-refractivity contribution is 0.0520. The van der Waals surface area contributed by atoms with E-state index in [2.05, 4.69) is 10.3 Å². The van der Waals surface area contributed by atoms with Gasteiger partial charge in [-0.05, 0) is 38.5 Å². The molecule has 0 aliphatic rings. The fourth-order valence-electron chi connectivity index (χ4n) is 2.38. The number of rotatable bonds is 10. The molecule has 29 heavy (non-hydrogen) atoms. The number of halogens is 2. The molecule has 0 aliphatic carbocycles. The molecule has 0 atom stereocenters. The zero-order chi connectivity index (χ0) is 21.2. The topological polar surface area (TPSA) is 80.8 Å². The summed E-state index contributed by atoms with van der Waals surface area (Å²) in [6, 6.07) is 4.52. The van der Waals surface area contributed by atoms with Crippen LogP contribution in [0.2, 0.25) is 10.0 Å². The zero-order valence-corrected chi connectivity index (χ0v) is 18.6. The number of amides is 2. The normalized spacial score (nSPS) is 10.6. The van der Waals surface area contributed by atoms with Crippen LogP contribution >= 0.6 is 34.5 Å². The summed E-state index contributed by atoms with van der Waals surface area (Å²) in [5, 5.41) is 5.87. The van der Waals surface area contributed by atoms with Gasteiger partial charge in [0.15, 0.2) is 5.69 Å². The Hall–Kier alpha value is -1.87. The first-order valence-electron chi connectivity index (χ1n) is 9.14. The average molecular weight is 460 g/mol. The van der Waals surface area contributed by atoms with Crippen molar-refractivity contribution >= 4 is 52.2 Å². The van der Waals surface area contributed by atoms with Crippen molar-refractivity contribution in [1.29, 1.82) is 0 Å². The van der Waals surface area contributed by atoms with Crippen LogP contribution in [0.5, 0.6) is 0 Å². The van der Waals surface area contributed by atoms with Crippen molar-refractivity contribution in [2.45, 2.75) is 26.8 Å². The van der Waals surface area contributed by atoms with Gasteiger partial charge in [-0.3, -0.25) is 0 Å². The van der Waals surface area contributed by atoms with Gasteiger partial charge in [0.05, 0.1) is 23.9 Å². The van der Waals surface area contributed by atoms with E-state index in [4.69, 9.17) is 32.7 Å². The van der Waals surface area contributed by atoms with Gasteiger partial charge >= 0.3 is 12.0 Å². The highest BCUT2D eigenvalue weighted by Crippen LogP contribution is 2.26. The molecule has 2 rings (SSSR count). The lowest BCUT2D eigenvalue weighted by Gasteiger charge is -2.22. The van der Waals surface area contributed by atoms with Gasteiger partial charge < -0.3 is 19.7 Å². The minimum atomic E-state index is -0.477. The number of esters is 1. The number of hydrogen-bond acceptors (Lipinski definition) is 6. The van der Waals surface area contributed by atoms with E-state index in [0.717, 1.165) is 0 Å². The van der Waals surface area contributed by atoms with E-state index in [1.165, 1.54) is 11.3 Å². The number of urea groups is 1. The van der Waals surface area contributed by atoms with Gasteiger partial charge in [0.25, 0.3) is 0 Å². The number of carbonyl (C=O) groups excluding carboxylic acids is 2. The number of thiazole rings is 1. The molecular weight excluding hydrogens is 437 g/mol. The van der Waals surface area contributed by atoms with E-state index < -0.39 is 5.97 Å². The number of aromatic nitrogens is 1. The van der Waals surface area contributed by atoms with Gasteiger partial charge in [0, 0.05) is 30.2 Å². The molecule has 1 aromatic heterocycles. The summed E-state index contributed by atoms with van der Waals surface area (Å²) in [6.45, 7) is 5.77. The molecule has 2 aromatic rings. The largest absolute Gasteiger partial charge is 0.461 e. The molecule has 0 radical (unpaired) electrons. The van der Waals surface area contributed by atoms with Gasteiger partial charge in [0.1, 0.15) is 5.01 Å². The first-order valence-corrected chi connectivity index (χ1v) is 10.8. The van der Waals surface area contributed by atoms with E-state index in [-0.39, 0.29) is 24.9 Å². The van der Waals surface area contributed by atoms with Gasteiger partial charge in [-0.1, -0.05) is 23.2 Å². The predicted octanol–water partition coefficient (Wildman–Crippen LogP) is 5.09. The van der Waals surface area contributed by atoms with Crippen molar-refractivity contribution in [2.24, 2.45) is 0 Å². The van der Waals surface area contributed by atoms with Crippen LogP contribution < -0.4 is 5.32 Å². The molecular formula is C19H23Cl2N3O4S. The summed E-state index contributed by atoms with van der Waals surface area (Å²) >= 11 is 13.4. The molecule has 158 valence electrons. The summed E-state index contributed by atoms with van der Waals surface area (Å²) in [6.07, 6.45) is 0.658. The highest BCUT2D eigenvalue weighted by Gasteiger charge is 2.19. The van der Waals surface area contributed by atoms with Gasteiger partial charge in [0.2, 0.25) is 0 Å². The molecule has 0 fully saturated rings. The van der Waals surface area contributed by atoms with Gasteiger partial charge in [-0.2, -0.15) is 0 Å². The number of nitrogens with zero attached hydrogens (tertiary/aromatic N) is 2. The molecule has 2 amide bonds. The van der Waals surface area contributed by atoms with Crippen molar-refractivity contribution < 1.29 is 19.1 Å². The van der Waals surface area contributed by atoms with Gasteiger partial charge in [-0.25, -0.2) is 14.6 Å². The van der Waals surface area contributed by atoms with Crippen LogP contribution in [0.25, 0.3) is 0 Å². The predicted molar refractivity (Wildman–Crippen MR) is 115 cm³/mol. The Balaban J connectivity index is 2.09. The van der Waals surface area contributed by atoms with Crippen molar-refractivity contribution in [2.75, 3.05) is 31.7 Å². The Bertz CT molecular complexity index is 832. The van der Waals surface area contributed by atoms with E-state index in [9.17, 15) is 9.59 Å². The molecule has 0 bridgehead atoms. The summed E-state index contributed by atoms with van der Waals surface area (Å²) in [7, 11) is 0. The van der Waals surface area contributed by atoms with Crippen LogP contribution in [-0.4, -0.2) is 48.2 Å². The van der Waals surface area contributed by atoms with Gasteiger partial charge in [-0.15, -0.1) is 11.3 Å². The fraction of sp³-hybridized carbons (Fsp3) is 0.421. The second-order valence-corrected chi connectivity index (χ2v) is 7.66. The standard InChI is InChI=1S/C19H23Cl2N3O4S/c1-3-27-9-5-8-24(11-17-22-16(12-29-17)18(25)28-4-2)19(26)23-15-7-6-13(20)10-14(15)21/h6-7,10,12H,3-5,8-9,11H2,1-2H3,(H,23,26). The molecule has 1 N–H and O–H groups in total. The fourth-order valence-corrected chi connectivity index (χ4v) is 3.62. The number of ether oxygens (including phenoxy) is 2. The third-order valence-corrected chi connectivity index (χ3v) is 5.12. The molecule has 7 nitrogen and oxygen atoms in total. The number of nitrogens with one attached hydrogen (secondary N) is 1. The third kappa shape index (κ3) is 7.47. The summed E-state index contributed by atoms with van der Waals surface area (Å²) < 4.78 is 10.3. The van der Waals surface area contributed by atoms with Crippen LogP contribution in [0, 0.1) is 0 Å². The maximum atomic E-state index is 12.8. The number of benzene rings is 1. The first kappa shape index (κ1) is 23.4. The maximum Gasteiger partial charge on any atom is 0.357 e. The van der Waals surface area contributed by atoms with Crippen molar-refractivity contribution in [3.05, 3.63) is 44.3 Å². The SMILES string of the molecule is CCOCCCN(Cc1nc(C(=O)OCC)cs1)C(=O)Nc1ccc(Cl)cc1Cl. The van der Waals surface area contributed by atoms with Crippen LogP contribution in [-0.2, 0) is 16.0 Å². The van der Waals surface area contributed by atoms with Crippen LogP contribution in [0.1, 0.15) is 35.8 Å². The quantitative estimate of drug-likeness (QED) is 0.395. The molecule has 0 spiro atoms. The molecule has 1 aromatic carbocycles. The molecule has 0 saturated carbocycles. The van der Waals surface area contributed by atoms with Crippen molar-refractivity contribution in [3.8, 4) is 0 Å². The lowest BCUT2D eigenvalue weighted by Crippen LogP contribution is -2.35. The van der Waals surface area contributed by atoms with Crippen molar-refractivity contribution in [1.82, 2.24) is 9.88 Å². The molecule has 0 aliphatic heterocycles. The number of hydrogen-bond donors (Lipinski definition) is 1. The Labute approximate surface area is 183 Å². The van der Waals surface area contributed by atoms with E-state index in [1.54, 1.807) is 35.4 Å². The van der Waals surface area contributed by atoms with Crippen LogP contribution in [0.4, 0.5) is 10.5 Å². The van der Waals surface area contributed by atoms with Crippen molar-refractivity contribution in [3.63, 3.8) is 0 Å². The minimum absolute atomic E-state index is 0.238. The Kier molecular flexibility index (Phi) is 9.66. The highest BCUT2D eigenvalue weighted by molar-refractivity contribution is 7.09. The summed E-state index contributed by atoms with van der Waals surface area (Å²) in [4.78, 5) is 30.5. The maximum absolute atomic E-state index is 12.8. The summed E-state index contributed by atoms with van der Waals surface area (Å²) in [5.74, 6) is -0.477. The smallest absolute Gasteiger partial charge is 0.357 e. The lowest BCUT2D eigenvalue weighted by atomic mass is 10.3.